The number of rotatable bonds is 5. The minimum Gasteiger partial charge on any atom is -0.355 e. The molecule has 1 fully saturated rings. The van der Waals surface area contributed by atoms with Gasteiger partial charge in [0.1, 0.15) is 5.82 Å². The summed E-state index contributed by atoms with van der Waals surface area (Å²) in [6.07, 6.45) is 1.85. The number of carbonyl (C=O) groups is 2. The van der Waals surface area contributed by atoms with Crippen LogP contribution in [0.3, 0.4) is 0 Å². The Hall–Kier alpha value is -2.96. The molecule has 2 N–H and O–H groups in total. The molecule has 0 aliphatic carbocycles. The van der Waals surface area contributed by atoms with Crippen LogP contribution in [-0.4, -0.2) is 41.3 Å². The number of halogens is 1. The van der Waals surface area contributed by atoms with E-state index in [0.717, 1.165) is 35.6 Å². The Morgan fingerprint density at radius 2 is 1.96 bits per heavy atom. The Labute approximate surface area is 164 Å². The summed E-state index contributed by atoms with van der Waals surface area (Å²) < 4.78 is 13.1. The Morgan fingerprint density at radius 1 is 1.21 bits per heavy atom. The van der Waals surface area contributed by atoms with Crippen LogP contribution < -0.4 is 10.6 Å². The monoisotopic (exact) mass is 384 g/mol. The van der Waals surface area contributed by atoms with E-state index in [1.807, 2.05) is 19.1 Å². The molecule has 1 aliphatic rings. The van der Waals surface area contributed by atoms with Gasteiger partial charge in [-0.15, -0.1) is 0 Å². The summed E-state index contributed by atoms with van der Waals surface area (Å²) in [5, 5.41) is 5.85. The van der Waals surface area contributed by atoms with Crippen molar-refractivity contribution in [3.05, 3.63) is 53.6 Å². The van der Waals surface area contributed by atoms with Crippen LogP contribution in [0.2, 0.25) is 0 Å². The van der Waals surface area contributed by atoms with Crippen LogP contribution in [0, 0.1) is 12.7 Å². The van der Waals surface area contributed by atoms with Gasteiger partial charge in [-0.25, -0.2) is 4.39 Å². The minimum atomic E-state index is -0.275. The van der Waals surface area contributed by atoms with Gasteiger partial charge in [-0.3, -0.25) is 14.6 Å². The summed E-state index contributed by atoms with van der Waals surface area (Å²) in [6, 6.07) is 10.1. The highest BCUT2D eigenvalue weighted by Gasteiger charge is 2.26. The number of hydrogen-bond donors (Lipinski definition) is 2. The Bertz CT molecular complexity index is 854. The molecule has 0 spiro atoms. The molecule has 2 heterocycles. The van der Waals surface area contributed by atoms with E-state index in [0.29, 0.717) is 13.1 Å². The third-order valence-corrected chi connectivity index (χ3v) is 4.79. The van der Waals surface area contributed by atoms with Crippen molar-refractivity contribution in [1.82, 2.24) is 15.2 Å². The standard InChI is InChI=1S/C21H25FN4O2/c1-14-10-19(25-18-7-5-17(22)6-8-18)11-20(24-14)16-4-3-9-26(13-16)21(28)12-23-15(2)27/h5-8,10-11,16H,3-4,9,12-13H2,1-2H3,(H,23,27)(H,24,25)/t16-/m0/s1. The highest BCUT2D eigenvalue weighted by molar-refractivity contribution is 5.83. The van der Waals surface area contributed by atoms with E-state index < -0.39 is 0 Å². The molecule has 0 saturated carbocycles. The Balaban J connectivity index is 1.71. The number of amides is 2. The average molecular weight is 384 g/mol. The lowest BCUT2D eigenvalue weighted by molar-refractivity contribution is -0.133. The summed E-state index contributed by atoms with van der Waals surface area (Å²) in [7, 11) is 0. The van der Waals surface area contributed by atoms with Crippen LogP contribution >= 0.6 is 0 Å². The number of pyridine rings is 1. The summed E-state index contributed by atoms with van der Waals surface area (Å²) in [5.74, 6) is -0.414. The van der Waals surface area contributed by atoms with Crippen molar-refractivity contribution in [2.24, 2.45) is 0 Å². The molecule has 0 radical (unpaired) electrons. The lowest BCUT2D eigenvalue weighted by Crippen LogP contribution is -2.44. The third-order valence-electron chi connectivity index (χ3n) is 4.79. The molecule has 1 aromatic heterocycles. The molecule has 0 bridgehead atoms. The second kappa shape index (κ2) is 8.82. The lowest BCUT2D eigenvalue weighted by Gasteiger charge is -2.33. The Morgan fingerprint density at radius 3 is 2.68 bits per heavy atom. The number of nitrogens with one attached hydrogen (secondary N) is 2. The number of aromatic nitrogens is 1. The van der Waals surface area contributed by atoms with Gasteiger partial charge >= 0.3 is 0 Å². The summed E-state index contributed by atoms with van der Waals surface area (Å²) >= 11 is 0. The number of hydrogen-bond acceptors (Lipinski definition) is 4. The fraction of sp³-hybridized carbons (Fsp3) is 0.381. The number of piperidine rings is 1. The van der Waals surface area contributed by atoms with Gasteiger partial charge in [-0.2, -0.15) is 0 Å². The molecule has 2 amide bonds. The van der Waals surface area contributed by atoms with Gasteiger partial charge in [0, 0.05) is 48.7 Å². The largest absolute Gasteiger partial charge is 0.355 e. The second-order valence-electron chi connectivity index (χ2n) is 7.14. The van der Waals surface area contributed by atoms with E-state index >= 15 is 0 Å². The number of anilines is 2. The molecule has 7 heteroatoms. The quantitative estimate of drug-likeness (QED) is 0.831. The second-order valence-corrected chi connectivity index (χ2v) is 7.14. The molecule has 3 rings (SSSR count). The highest BCUT2D eigenvalue weighted by atomic mass is 19.1. The first-order chi connectivity index (χ1) is 13.4. The van der Waals surface area contributed by atoms with Gasteiger partial charge < -0.3 is 15.5 Å². The summed E-state index contributed by atoms with van der Waals surface area (Å²) in [5.41, 5.74) is 3.50. The van der Waals surface area contributed by atoms with Crippen molar-refractivity contribution in [1.29, 1.82) is 0 Å². The number of carbonyl (C=O) groups excluding carboxylic acids is 2. The van der Waals surface area contributed by atoms with Gasteiger partial charge in [0.25, 0.3) is 0 Å². The van der Waals surface area contributed by atoms with Crippen molar-refractivity contribution in [3.8, 4) is 0 Å². The van der Waals surface area contributed by atoms with Gasteiger partial charge in [-0.05, 0) is 56.2 Å². The Kier molecular flexibility index (Phi) is 6.23. The first-order valence-corrected chi connectivity index (χ1v) is 9.44. The number of nitrogens with zero attached hydrogens (tertiary/aromatic N) is 2. The summed E-state index contributed by atoms with van der Waals surface area (Å²) in [4.78, 5) is 29.8. The molecule has 148 valence electrons. The fourth-order valence-corrected chi connectivity index (χ4v) is 3.43. The molecule has 0 unspecified atom stereocenters. The number of benzene rings is 1. The minimum absolute atomic E-state index is 0.0284. The maximum atomic E-state index is 13.1. The molecule has 2 aromatic rings. The van der Waals surface area contributed by atoms with Crippen LogP contribution in [0.15, 0.2) is 36.4 Å². The van der Waals surface area contributed by atoms with Gasteiger partial charge in [0.2, 0.25) is 11.8 Å². The molecular weight excluding hydrogens is 359 g/mol. The van der Waals surface area contributed by atoms with E-state index in [-0.39, 0.29) is 30.1 Å². The van der Waals surface area contributed by atoms with Crippen LogP contribution in [0.1, 0.15) is 37.1 Å². The van der Waals surface area contributed by atoms with Crippen LogP contribution in [0.25, 0.3) is 0 Å². The lowest BCUT2D eigenvalue weighted by atomic mass is 9.93. The zero-order valence-corrected chi connectivity index (χ0v) is 16.2. The molecular formula is C21H25FN4O2. The predicted octanol–water partition coefficient (Wildman–Crippen LogP) is 3.11. The van der Waals surface area contributed by atoms with Crippen molar-refractivity contribution in [2.75, 3.05) is 25.0 Å². The smallest absolute Gasteiger partial charge is 0.241 e. The van der Waals surface area contributed by atoms with Crippen molar-refractivity contribution in [2.45, 2.75) is 32.6 Å². The molecule has 6 nitrogen and oxygen atoms in total. The van der Waals surface area contributed by atoms with Crippen LogP contribution in [0.4, 0.5) is 15.8 Å². The maximum Gasteiger partial charge on any atom is 0.241 e. The van der Waals surface area contributed by atoms with E-state index in [1.54, 1.807) is 17.0 Å². The molecule has 1 aliphatic heterocycles. The van der Waals surface area contributed by atoms with Gasteiger partial charge in [0.05, 0.1) is 6.54 Å². The SMILES string of the molecule is CC(=O)NCC(=O)N1CCC[C@H](c2cc(Nc3ccc(F)cc3)cc(C)n2)C1. The summed E-state index contributed by atoms with van der Waals surface area (Å²) in [6.45, 7) is 4.65. The van der Waals surface area contributed by atoms with Crippen LogP contribution in [-0.2, 0) is 9.59 Å². The van der Waals surface area contributed by atoms with Crippen molar-refractivity contribution in [3.63, 3.8) is 0 Å². The average Bonchev–Trinajstić information content (AvgIpc) is 2.67. The number of aryl methyl sites for hydroxylation is 1. The topological polar surface area (TPSA) is 74.3 Å². The maximum absolute atomic E-state index is 13.1. The van der Waals surface area contributed by atoms with Crippen molar-refractivity contribution < 1.29 is 14.0 Å². The van der Waals surface area contributed by atoms with E-state index in [2.05, 4.69) is 15.6 Å². The zero-order valence-electron chi connectivity index (χ0n) is 16.2. The highest BCUT2D eigenvalue weighted by Crippen LogP contribution is 2.29. The van der Waals surface area contributed by atoms with Gasteiger partial charge in [-0.1, -0.05) is 0 Å². The van der Waals surface area contributed by atoms with E-state index in [9.17, 15) is 14.0 Å². The normalized spacial score (nSPS) is 16.5. The molecule has 1 aromatic carbocycles. The first-order valence-electron chi connectivity index (χ1n) is 9.44. The first kappa shape index (κ1) is 19.8. The van der Waals surface area contributed by atoms with E-state index in [4.69, 9.17) is 0 Å². The molecule has 1 saturated heterocycles. The van der Waals surface area contributed by atoms with Gasteiger partial charge in [0.15, 0.2) is 0 Å². The predicted molar refractivity (Wildman–Crippen MR) is 106 cm³/mol. The molecule has 1 atom stereocenters. The van der Waals surface area contributed by atoms with Crippen LogP contribution in [0.5, 0.6) is 0 Å². The number of likely N-dealkylation sites (tertiary alicyclic amines) is 1. The third kappa shape index (κ3) is 5.28. The fourth-order valence-electron chi connectivity index (χ4n) is 3.43. The van der Waals surface area contributed by atoms with Crippen molar-refractivity contribution >= 4 is 23.2 Å². The van der Waals surface area contributed by atoms with E-state index in [1.165, 1.54) is 19.1 Å². The zero-order chi connectivity index (χ0) is 20.1. The molecule has 28 heavy (non-hydrogen) atoms.